The molecule has 0 aliphatic carbocycles. The number of aryl methyl sites for hydroxylation is 1. The molecule has 0 amide bonds. The molecule has 1 aliphatic heterocycles. The van der Waals surface area contributed by atoms with Crippen molar-refractivity contribution in [1.82, 2.24) is 4.90 Å². The van der Waals surface area contributed by atoms with Gasteiger partial charge >= 0.3 is 0 Å². The summed E-state index contributed by atoms with van der Waals surface area (Å²) in [7, 11) is 2.15. The number of fused-ring (bicyclic) bond motifs is 1. The third kappa shape index (κ3) is 5.42. The van der Waals surface area contributed by atoms with Gasteiger partial charge in [-0.1, -0.05) is 41.4 Å². The highest BCUT2D eigenvalue weighted by Gasteiger charge is 2.15. The predicted octanol–water partition coefficient (Wildman–Crippen LogP) is 4.91. The van der Waals surface area contributed by atoms with E-state index < -0.39 is 0 Å². The number of aliphatic imine (C=N–C) groups is 2. The molecule has 1 heterocycles. The zero-order valence-corrected chi connectivity index (χ0v) is 18.8. The summed E-state index contributed by atoms with van der Waals surface area (Å²) in [5.74, 6) is 0.299. The van der Waals surface area contributed by atoms with Crippen molar-refractivity contribution >= 4 is 36.1 Å². The number of nitrogens with zero attached hydrogens (tertiary/aromatic N) is 3. The Labute approximate surface area is 187 Å². The Balaban J connectivity index is 1.68. The second kappa shape index (κ2) is 10.1. The molecule has 0 saturated carbocycles. The smallest absolute Gasteiger partial charge is 0.256 e. The molecule has 30 heavy (non-hydrogen) atoms. The van der Waals surface area contributed by atoms with Crippen LogP contribution < -0.4 is 5.73 Å². The maximum absolute atomic E-state index is 6.17. The molecule has 1 aliphatic rings. The Bertz CT molecular complexity index is 981. The Kier molecular flexibility index (Phi) is 7.53. The molecule has 158 valence electrons. The molecule has 2 aromatic rings. The fourth-order valence-corrected chi connectivity index (χ4v) is 4.08. The van der Waals surface area contributed by atoms with Gasteiger partial charge in [-0.3, -0.25) is 0 Å². The Morgan fingerprint density at radius 3 is 2.73 bits per heavy atom. The minimum absolute atomic E-state index is 0.126. The predicted molar refractivity (Wildman–Crippen MR) is 125 cm³/mol. The first kappa shape index (κ1) is 22.3. The molecular weight excluding hydrogens is 419 g/mol. The van der Waals surface area contributed by atoms with Crippen molar-refractivity contribution in [3.05, 3.63) is 79.9 Å². The summed E-state index contributed by atoms with van der Waals surface area (Å²) < 4.78 is 5.65. The van der Waals surface area contributed by atoms with E-state index in [2.05, 4.69) is 47.7 Å². The van der Waals surface area contributed by atoms with Crippen molar-refractivity contribution in [2.75, 3.05) is 13.6 Å². The van der Waals surface area contributed by atoms with Crippen LogP contribution in [-0.2, 0) is 30.7 Å². The molecule has 0 spiro atoms. The number of hydrogen-bond donors (Lipinski definition) is 1. The lowest BCUT2D eigenvalue weighted by Gasteiger charge is -2.26. The number of benzene rings is 2. The molecule has 5 nitrogen and oxygen atoms in total. The molecular formula is C23H26Cl2N4O. The van der Waals surface area contributed by atoms with E-state index in [1.807, 2.05) is 0 Å². The van der Waals surface area contributed by atoms with Crippen molar-refractivity contribution in [2.45, 2.75) is 32.9 Å². The van der Waals surface area contributed by atoms with Crippen LogP contribution in [0.4, 0.5) is 0 Å². The van der Waals surface area contributed by atoms with Gasteiger partial charge in [-0.05, 0) is 61.5 Å². The summed E-state index contributed by atoms with van der Waals surface area (Å²) in [6.07, 6.45) is 3.53. The summed E-state index contributed by atoms with van der Waals surface area (Å²) in [5, 5.41) is 1.03. The molecule has 0 atom stereocenters. The second-order valence-corrected chi connectivity index (χ2v) is 8.21. The Hall–Kier alpha value is -2.34. The fraction of sp³-hybridized carbons (Fsp3) is 0.304. The standard InChI is InChI=1S/C23H26Cl2N4O/c1-15-11-16(12-17-13-29(3)10-8-18(15)17)7-9-28-22(26)23(27-2)30-14-19-20(24)5-4-6-21(19)25/h4-6,9,11-12H,2,7-8,10,13-14,26H2,1,3H3/b23-22+,28-9?. The molecule has 0 unspecified atom stereocenters. The maximum atomic E-state index is 6.17. The van der Waals surface area contributed by atoms with Crippen LogP contribution in [-0.4, -0.2) is 31.4 Å². The van der Waals surface area contributed by atoms with Crippen molar-refractivity contribution in [3.8, 4) is 0 Å². The molecule has 0 fully saturated rings. The van der Waals surface area contributed by atoms with Gasteiger partial charge in [0.25, 0.3) is 5.88 Å². The lowest BCUT2D eigenvalue weighted by atomic mass is 9.92. The fourth-order valence-electron chi connectivity index (χ4n) is 3.58. The van der Waals surface area contributed by atoms with Crippen LogP contribution in [0.5, 0.6) is 0 Å². The first-order valence-electron chi connectivity index (χ1n) is 9.73. The minimum atomic E-state index is 0.126. The molecule has 0 bridgehead atoms. The second-order valence-electron chi connectivity index (χ2n) is 7.39. The molecule has 0 radical (unpaired) electrons. The zero-order chi connectivity index (χ0) is 21.7. The summed E-state index contributed by atoms with van der Waals surface area (Å²) in [6, 6.07) is 9.74. The van der Waals surface area contributed by atoms with E-state index in [1.165, 1.54) is 22.3 Å². The highest BCUT2D eigenvalue weighted by molar-refractivity contribution is 6.35. The minimum Gasteiger partial charge on any atom is -0.470 e. The topological polar surface area (TPSA) is 63.2 Å². The third-order valence-corrected chi connectivity index (χ3v) is 5.85. The van der Waals surface area contributed by atoms with E-state index >= 15 is 0 Å². The Morgan fingerprint density at radius 2 is 2.03 bits per heavy atom. The van der Waals surface area contributed by atoms with Gasteiger partial charge in [-0.25, -0.2) is 9.98 Å². The third-order valence-electron chi connectivity index (χ3n) is 5.14. The lowest BCUT2D eigenvalue weighted by molar-refractivity contribution is 0.193. The van der Waals surface area contributed by atoms with Gasteiger partial charge in [-0.15, -0.1) is 0 Å². The zero-order valence-electron chi connectivity index (χ0n) is 17.3. The van der Waals surface area contributed by atoms with Crippen LogP contribution in [0.2, 0.25) is 10.0 Å². The molecule has 2 N–H and O–H groups in total. The SMILES string of the molecule is C=N/C(OCc1c(Cl)cccc1Cl)=C(/N)N=CCc1cc(C)c2c(c1)CN(C)CC2. The van der Waals surface area contributed by atoms with Crippen molar-refractivity contribution < 1.29 is 4.74 Å². The number of likely N-dealkylation sites (N-methyl/N-ethyl adjacent to an activating group) is 1. The van der Waals surface area contributed by atoms with Gasteiger partial charge in [0.05, 0.1) is 0 Å². The van der Waals surface area contributed by atoms with Gasteiger partial charge in [0.1, 0.15) is 6.61 Å². The van der Waals surface area contributed by atoms with Crippen molar-refractivity contribution in [2.24, 2.45) is 15.7 Å². The van der Waals surface area contributed by atoms with E-state index in [4.69, 9.17) is 33.7 Å². The summed E-state index contributed by atoms with van der Waals surface area (Å²) in [6.45, 7) is 7.90. The molecule has 2 aromatic carbocycles. The summed E-state index contributed by atoms with van der Waals surface area (Å²) in [5.41, 5.74) is 12.1. The van der Waals surface area contributed by atoms with E-state index in [1.54, 1.807) is 24.4 Å². The van der Waals surface area contributed by atoms with E-state index in [0.717, 1.165) is 19.5 Å². The van der Waals surface area contributed by atoms with Gasteiger partial charge in [0.2, 0.25) is 0 Å². The summed E-state index contributed by atoms with van der Waals surface area (Å²) >= 11 is 12.3. The van der Waals surface area contributed by atoms with Gasteiger partial charge < -0.3 is 15.4 Å². The first-order valence-corrected chi connectivity index (χ1v) is 10.5. The quantitative estimate of drug-likeness (QED) is 0.487. The number of hydrogen-bond acceptors (Lipinski definition) is 5. The van der Waals surface area contributed by atoms with Crippen LogP contribution in [0, 0.1) is 6.92 Å². The van der Waals surface area contributed by atoms with Crippen LogP contribution in [0.3, 0.4) is 0 Å². The number of nitrogens with two attached hydrogens (primary N) is 1. The van der Waals surface area contributed by atoms with Gasteiger partial charge in [-0.2, -0.15) is 0 Å². The summed E-state index contributed by atoms with van der Waals surface area (Å²) in [4.78, 5) is 10.5. The number of rotatable bonds is 7. The number of ether oxygens (including phenoxy) is 1. The largest absolute Gasteiger partial charge is 0.470 e. The highest BCUT2D eigenvalue weighted by atomic mass is 35.5. The molecule has 0 aromatic heterocycles. The monoisotopic (exact) mass is 444 g/mol. The van der Waals surface area contributed by atoms with Gasteiger partial charge in [0, 0.05) is 41.3 Å². The van der Waals surface area contributed by atoms with Crippen LogP contribution in [0.15, 0.2) is 52.0 Å². The lowest BCUT2D eigenvalue weighted by Crippen LogP contribution is -2.27. The van der Waals surface area contributed by atoms with Crippen LogP contribution in [0.1, 0.15) is 27.8 Å². The Morgan fingerprint density at radius 1 is 1.30 bits per heavy atom. The maximum Gasteiger partial charge on any atom is 0.256 e. The molecule has 7 heteroatoms. The average Bonchev–Trinajstić information content (AvgIpc) is 2.70. The first-order chi connectivity index (χ1) is 14.4. The van der Waals surface area contributed by atoms with Gasteiger partial charge in [0.15, 0.2) is 5.82 Å². The van der Waals surface area contributed by atoms with Crippen LogP contribution >= 0.6 is 23.2 Å². The highest BCUT2D eigenvalue weighted by Crippen LogP contribution is 2.26. The van der Waals surface area contributed by atoms with Crippen molar-refractivity contribution in [1.29, 1.82) is 0 Å². The average molecular weight is 445 g/mol. The van der Waals surface area contributed by atoms with E-state index in [0.29, 0.717) is 22.0 Å². The molecule has 0 saturated heterocycles. The number of halogens is 2. The van der Waals surface area contributed by atoms with E-state index in [9.17, 15) is 0 Å². The normalized spacial score (nSPS) is 15.1. The van der Waals surface area contributed by atoms with E-state index in [-0.39, 0.29) is 18.3 Å². The molecule has 3 rings (SSSR count). The van der Waals surface area contributed by atoms with Crippen LogP contribution in [0.25, 0.3) is 0 Å². The van der Waals surface area contributed by atoms with Crippen molar-refractivity contribution in [3.63, 3.8) is 0 Å².